The van der Waals surface area contributed by atoms with Crippen LogP contribution in [0.1, 0.15) is 6.92 Å². The maximum absolute atomic E-state index is 10.7. The van der Waals surface area contributed by atoms with Crippen LogP contribution in [0, 0.1) is 0 Å². The first-order chi connectivity index (χ1) is 6.00. The van der Waals surface area contributed by atoms with Crippen molar-refractivity contribution in [1.29, 1.82) is 0 Å². The first kappa shape index (κ1) is 10.2. The molecular weight excluding hydrogens is 213 g/mol. The SMILES string of the molecule is CC(=O)Nc1cc(Cl)c(O)cc1Cl. The summed E-state index contributed by atoms with van der Waals surface area (Å²) >= 11 is 11.3. The average molecular weight is 220 g/mol. The van der Waals surface area contributed by atoms with Crippen LogP contribution in [0.15, 0.2) is 12.1 Å². The molecule has 1 aromatic rings. The number of halogens is 2. The number of hydrogen-bond donors (Lipinski definition) is 2. The van der Waals surface area contributed by atoms with Crippen LogP contribution in [0.25, 0.3) is 0 Å². The summed E-state index contributed by atoms with van der Waals surface area (Å²) in [5.74, 6) is -0.357. The fourth-order valence-electron chi connectivity index (χ4n) is 0.822. The van der Waals surface area contributed by atoms with E-state index in [1.165, 1.54) is 19.1 Å². The number of benzene rings is 1. The number of carbonyl (C=O) groups is 1. The van der Waals surface area contributed by atoms with Crippen LogP contribution in [0.3, 0.4) is 0 Å². The van der Waals surface area contributed by atoms with Gasteiger partial charge in [0.1, 0.15) is 5.75 Å². The van der Waals surface area contributed by atoms with Gasteiger partial charge in [-0.1, -0.05) is 23.2 Å². The molecule has 0 bridgehead atoms. The summed E-state index contributed by atoms with van der Waals surface area (Å²) in [5.41, 5.74) is 0.386. The monoisotopic (exact) mass is 219 g/mol. The van der Waals surface area contributed by atoms with Crippen molar-refractivity contribution in [2.45, 2.75) is 6.92 Å². The molecule has 0 aromatic heterocycles. The van der Waals surface area contributed by atoms with Crippen molar-refractivity contribution < 1.29 is 9.90 Å². The highest BCUT2D eigenvalue weighted by Gasteiger charge is 2.06. The van der Waals surface area contributed by atoms with Gasteiger partial charge in [-0.25, -0.2) is 0 Å². The predicted molar refractivity (Wildman–Crippen MR) is 52.4 cm³/mol. The van der Waals surface area contributed by atoms with Crippen LogP contribution in [0.2, 0.25) is 10.0 Å². The third kappa shape index (κ3) is 2.50. The highest BCUT2D eigenvalue weighted by Crippen LogP contribution is 2.33. The summed E-state index contributed by atoms with van der Waals surface area (Å²) in [6.07, 6.45) is 0. The molecule has 0 atom stereocenters. The summed E-state index contributed by atoms with van der Waals surface area (Å²) in [6.45, 7) is 1.36. The molecule has 5 heteroatoms. The molecule has 70 valence electrons. The number of anilines is 1. The molecule has 2 N–H and O–H groups in total. The van der Waals surface area contributed by atoms with E-state index < -0.39 is 0 Å². The highest BCUT2D eigenvalue weighted by molar-refractivity contribution is 6.36. The Hall–Kier alpha value is -0.930. The largest absolute Gasteiger partial charge is 0.506 e. The molecule has 0 aliphatic carbocycles. The van der Waals surface area contributed by atoms with Gasteiger partial charge in [0.2, 0.25) is 5.91 Å². The Labute approximate surface area is 85.3 Å². The molecule has 13 heavy (non-hydrogen) atoms. The van der Waals surface area contributed by atoms with E-state index in [9.17, 15) is 4.79 Å². The van der Waals surface area contributed by atoms with E-state index in [1.54, 1.807) is 0 Å². The van der Waals surface area contributed by atoms with E-state index in [4.69, 9.17) is 28.3 Å². The van der Waals surface area contributed by atoms with Crippen molar-refractivity contribution in [2.24, 2.45) is 0 Å². The molecule has 3 nitrogen and oxygen atoms in total. The molecule has 0 fully saturated rings. The molecule has 1 amide bonds. The minimum atomic E-state index is -0.247. The van der Waals surface area contributed by atoms with Gasteiger partial charge in [-0.15, -0.1) is 0 Å². The lowest BCUT2D eigenvalue weighted by Crippen LogP contribution is -2.05. The Balaban J connectivity index is 3.08. The minimum Gasteiger partial charge on any atom is -0.506 e. The van der Waals surface area contributed by atoms with E-state index in [2.05, 4.69) is 5.32 Å². The lowest BCUT2D eigenvalue weighted by molar-refractivity contribution is -0.114. The maximum atomic E-state index is 10.7. The molecule has 1 rings (SSSR count). The number of amides is 1. The molecule has 0 spiro atoms. The van der Waals surface area contributed by atoms with E-state index in [1.807, 2.05) is 0 Å². The number of phenols is 1. The zero-order valence-electron chi connectivity index (χ0n) is 6.77. The molecule has 0 radical (unpaired) electrons. The van der Waals surface area contributed by atoms with Crippen molar-refractivity contribution >= 4 is 34.8 Å². The van der Waals surface area contributed by atoms with Crippen LogP contribution in [-0.4, -0.2) is 11.0 Å². The Morgan fingerprint density at radius 3 is 2.54 bits per heavy atom. The Morgan fingerprint density at radius 1 is 1.38 bits per heavy atom. The zero-order valence-corrected chi connectivity index (χ0v) is 8.28. The molecule has 0 saturated heterocycles. The van der Waals surface area contributed by atoms with Gasteiger partial charge in [0.15, 0.2) is 0 Å². The number of carbonyl (C=O) groups excluding carboxylic acids is 1. The third-order valence-electron chi connectivity index (χ3n) is 1.35. The standard InChI is InChI=1S/C8H7Cl2NO2/c1-4(12)11-7-2-6(10)8(13)3-5(7)9/h2-3,13H,1H3,(H,11,12). The third-order valence-corrected chi connectivity index (χ3v) is 1.96. The molecule has 0 heterocycles. The van der Waals surface area contributed by atoms with Crippen molar-refractivity contribution in [3.63, 3.8) is 0 Å². The summed E-state index contributed by atoms with van der Waals surface area (Å²) in [7, 11) is 0. The second-order valence-corrected chi connectivity index (χ2v) is 3.28. The van der Waals surface area contributed by atoms with Gasteiger partial charge < -0.3 is 10.4 Å². The molecule has 0 aliphatic heterocycles. The zero-order chi connectivity index (χ0) is 10.0. The maximum Gasteiger partial charge on any atom is 0.221 e. The normalized spacial score (nSPS) is 9.77. The summed E-state index contributed by atoms with van der Waals surface area (Å²) in [6, 6.07) is 2.66. The number of phenolic OH excluding ortho intramolecular Hbond substituents is 1. The quantitative estimate of drug-likeness (QED) is 0.714. The van der Waals surface area contributed by atoms with Crippen molar-refractivity contribution in [3.05, 3.63) is 22.2 Å². The van der Waals surface area contributed by atoms with Crippen LogP contribution in [0.4, 0.5) is 5.69 Å². The fourth-order valence-corrected chi connectivity index (χ4v) is 1.19. The van der Waals surface area contributed by atoms with Gasteiger partial charge in [0.05, 0.1) is 15.7 Å². The molecule has 0 saturated carbocycles. The first-order valence-electron chi connectivity index (χ1n) is 3.46. The van der Waals surface area contributed by atoms with Gasteiger partial charge in [0, 0.05) is 13.0 Å². The minimum absolute atomic E-state index is 0.110. The van der Waals surface area contributed by atoms with Crippen LogP contribution >= 0.6 is 23.2 Å². The molecule has 0 aliphatic rings. The number of aromatic hydroxyl groups is 1. The van der Waals surface area contributed by atoms with Crippen LogP contribution in [0.5, 0.6) is 5.75 Å². The topological polar surface area (TPSA) is 49.3 Å². The molecule has 0 unspecified atom stereocenters. The van der Waals surface area contributed by atoms with E-state index in [0.717, 1.165) is 0 Å². The van der Waals surface area contributed by atoms with E-state index in [0.29, 0.717) is 5.69 Å². The second-order valence-electron chi connectivity index (χ2n) is 2.46. The molecule has 1 aromatic carbocycles. The van der Waals surface area contributed by atoms with Crippen LogP contribution in [-0.2, 0) is 4.79 Å². The van der Waals surface area contributed by atoms with Gasteiger partial charge in [-0.2, -0.15) is 0 Å². The molecular formula is C8H7Cl2NO2. The van der Waals surface area contributed by atoms with Crippen molar-refractivity contribution in [1.82, 2.24) is 0 Å². The Kier molecular flexibility index (Phi) is 3.01. The van der Waals surface area contributed by atoms with E-state index >= 15 is 0 Å². The van der Waals surface area contributed by atoms with Crippen molar-refractivity contribution in [3.8, 4) is 5.75 Å². The number of rotatable bonds is 1. The number of hydrogen-bond acceptors (Lipinski definition) is 2. The van der Waals surface area contributed by atoms with Gasteiger partial charge >= 0.3 is 0 Å². The van der Waals surface area contributed by atoms with Crippen molar-refractivity contribution in [2.75, 3.05) is 5.32 Å². The fraction of sp³-hybridized carbons (Fsp3) is 0.125. The lowest BCUT2D eigenvalue weighted by Gasteiger charge is -2.06. The Morgan fingerprint density at radius 2 is 2.00 bits per heavy atom. The van der Waals surface area contributed by atoms with Gasteiger partial charge in [-0.3, -0.25) is 4.79 Å². The Bertz CT molecular complexity index is 352. The first-order valence-corrected chi connectivity index (χ1v) is 4.22. The average Bonchev–Trinajstić information content (AvgIpc) is 1.99. The van der Waals surface area contributed by atoms with Crippen LogP contribution < -0.4 is 5.32 Å². The summed E-state index contributed by atoms with van der Waals surface area (Å²) in [5, 5.41) is 12.0. The predicted octanol–water partition coefficient (Wildman–Crippen LogP) is 2.66. The number of nitrogens with one attached hydrogen (secondary N) is 1. The smallest absolute Gasteiger partial charge is 0.221 e. The highest BCUT2D eigenvalue weighted by atomic mass is 35.5. The van der Waals surface area contributed by atoms with E-state index in [-0.39, 0.29) is 21.7 Å². The van der Waals surface area contributed by atoms with Gasteiger partial charge in [-0.05, 0) is 6.07 Å². The van der Waals surface area contributed by atoms with Gasteiger partial charge in [0.25, 0.3) is 0 Å². The lowest BCUT2D eigenvalue weighted by atomic mass is 10.3. The second kappa shape index (κ2) is 3.85. The summed E-state index contributed by atoms with van der Waals surface area (Å²) < 4.78 is 0. The summed E-state index contributed by atoms with van der Waals surface area (Å²) in [4.78, 5) is 10.7.